The van der Waals surface area contributed by atoms with Gasteiger partial charge in [-0.05, 0) is 49.4 Å². The van der Waals surface area contributed by atoms with Gasteiger partial charge in [0.25, 0.3) is 0 Å². The first-order chi connectivity index (χ1) is 12.3. The van der Waals surface area contributed by atoms with Crippen molar-refractivity contribution in [3.8, 4) is 0 Å². The molecule has 2 aromatic rings. The summed E-state index contributed by atoms with van der Waals surface area (Å²) in [5.74, 6) is 0.595. The first-order valence-corrected chi connectivity index (χ1v) is 9.97. The monoisotopic (exact) mass is 358 g/mol. The number of pyridine rings is 1. The molecule has 25 heavy (non-hydrogen) atoms. The van der Waals surface area contributed by atoms with E-state index in [1.54, 1.807) is 6.20 Å². The Labute approximate surface area is 153 Å². The van der Waals surface area contributed by atoms with E-state index >= 15 is 0 Å². The summed E-state index contributed by atoms with van der Waals surface area (Å²) in [5, 5.41) is 0. The number of rotatable bonds is 6. The van der Waals surface area contributed by atoms with Crippen molar-refractivity contribution in [2.45, 2.75) is 45.1 Å². The van der Waals surface area contributed by atoms with Gasteiger partial charge in [-0.25, -0.2) is 0 Å². The Morgan fingerprint density at radius 1 is 1.32 bits per heavy atom. The molecule has 0 amide bonds. The lowest BCUT2D eigenvalue weighted by Gasteiger charge is -2.37. The molecule has 1 aliphatic heterocycles. The van der Waals surface area contributed by atoms with Crippen LogP contribution in [0.25, 0.3) is 0 Å². The topological polar surface area (TPSA) is 34.6 Å². The van der Waals surface area contributed by atoms with Gasteiger partial charge in [0.2, 0.25) is 0 Å². The number of hydrogen-bond acceptors (Lipinski definition) is 5. The van der Waals surface area contributed by atoms with Crippen LogP contribution in [0.1, 0.15) is 28.2 Å². The quantitative estimate of drug-likeness (QED) is 0.789. The number of nitrogens with zero attached hydrogens (tertiary/aromatic N) is 2. The Balaban J connectivity index is 1.29. The van der Waals surface area contributed by atoms with E-state index in [4.69, 9.17) is 9.47 Å². The molecule has 0 radical (unpaired) electrons. The zero-order valence-corrected chi connectivity index (χ0v) is 15.6. The molecule has 0 N–H and O–H groups in total. The van der Waals surface area contributed by atoms with E-state index in [2.05, 4.69) is 35.0 Å². The molecule has 134 valence electrons. The average molecular weight is 359 g/mol. The molecule has 2 fully saturated rings. The van der Waals surface area contributed by atoms with Gasteiger partial charge in [-0.3, -0.25) is 9.88 Å². The molecule has 3 atom stereocenters. The van der Waals surface area contributed by atoms with E-state index < -0.39 is 0 Å². The van der Waals surface area contributed by atoms with Crippen LogP contribution in [0.2, 0.25) is 0 Å². The Hall–Kier alpha value is -1.27. The average Bonchev–Trinajstić information content (AvgIpc) is 3.22. The van der Waals surface area contributed by atoms with Gasteiger partial charge >= 0.3 is 0 Å². The molecule has 0 spiro atoms. The second-order valence-corrected chi connectivity index (χ2v) is 8.55. The standard InChI is InChI=1S/C20H26N2O2S/c1-15-4-5-18(25-15)12-22-7-8-24-20-10-17(9-19(20)22)14-23-13-16-3-2-6-21-11-16/h2-6,11,17,19-20H,7-10,12-14H2,1H3/t17?,19-,20-/m1/s1. The van der Waals surface area contributed by atoms with Crippen molar-refractivity contribution in [2.75, 3.05) is 19.8 Å². The molecule has 3 heterocycles. The molecule has 1 unspecified atom stereocenters. The second-order valence-electron chi connectivity index (χ2n) is 7.17. The lowest BCUT2D eigenvalue weighted by atomic mass is 10.1. The fourth-order valence-corrected chi connectivity index (χ4v) is 4.97. The van der Waals surface area contributed by atoms with Crippen molar-refractivity contribution >= 4 is 11.3 Å². The van der Waals surface area contributed by atoms with Crippen LogP contribution in [-0.2, 0) is 22.6 Å². The predicted molar refractivity (Wildman–Crippen MR) is 99.6 cm³/mol. The fourth-order valence-electron chi connectivity index (χ4n) is 4.06. The largest absolute Gasteiger partial charge is 0.376 e. The van der Waals surface area contributed by atoms with E-state index in [9.17, 15) is 0 Å². The first kappa shape index (κ1) is 17.2. The van der Waals surface area contributed by atoms with E-state index in [0.717, 1.165) is 38.3 Å². The van der Waals surface area contributed by atoms with Crippen LogP contribution in [0.3, 0.4) is 0 Å². The summed E-state index contributed by atoms with van der Waals surface area (Å²) >= 11 is 1.91. The van der Waals surface area contributed by atoms with Gasteiger partial charge in [0, 0.05) is 47.9 Å². The van der Waals surface area contributed by atoms with E-state index in [1.807, 2.05) is 23.6 Å². The van der Waals surface area contributed by atoms with Crippen LogP contribution in [0.5, 0.6) is 0 Å². The molecule has 5 heteroatoms. The first-order valence-electron chi connectivity index (χ1n) is 9.15. The summed E-state index contributed by atoms with van der Waals surface area (Å²) in [4.78, 5) is 9.63. The minimum Gasteiger partial charge on any atom is -0.376 e. The minimum atomic E-state index is 0.377. The summed E-state index contributed by atoms with van der Waals surface area (Å²) < 4.78 is 12.0. The molecule has 1 aliphatic carbocycles. The van der Waals surface area contributed by atoms with Crippen LogP contribution in [0.4, 0.5) is 0 Å². The van der Waals surface area contributed by atoms with Gasteiger partial charge in [0.05, 0.1) is 19.3 Å². The molecule has 2 aliphatic rings. The molecule has 1 saturated carbocycles. The lowest BCUT2D eigenvalue weighted by molar-refractivity contribution is -0.0588. The number of ether oxygens (including phenoxy) is 2. The van der Waals surface area contributed by atoms with E-state index in [1.165, 1.54) is 16.2 Å². The van der Waals surface area contributed by atoms with Crippen molar-refractivity contribution in [1.82, 2.24) is 9.88 Å². The molecular weight excluding hydrogens is 332 g/mol. The highest BCUT2D eigenvalue weighted by molar-refractivity contribution is 7.11. The molecule has 2 aromatic heterocycles. The molecule has 0 aromatic carbocycles. The van der Waals surface area contributed by atoms with Gasteiger partial charge in [-0.15, -0.1) is 11.3 Å². The van der Waals surface area contributed by atoms with Gasteiger partial charge in [-0.1, -0.05) is 6.07 Å². The zero-order chi connectivity index (χ0) is 17.1. The van der Waals surface area contributed by atoms with Crippen molar-refractivity contribution in [1.29, 1.82) is 0 Å². The number of aryl methyl sites for hydroxylation is 1. The fraction of sp³-hybridized carbons (Fsp3) is 0.550. The zero-order valence-electron chi connectivity index (χ0n) is 14.8. The third-order valence-corrected chi connectivity index (χ3v) is 6.23. The van der Waals surface area contributed by atoms with Gasteiger partial charge in [0.15, 0.2) is 0 Å². The SMILES string of the molecule is Cc1ccc(CN2CCO[C@@H]3CC(COCc4cccnc4)C[C@H]32)s1. The maximum Gasteiger partial charge on any atom is 0.0734 e. The summed E-state index contributed by atoms with van der Waals surface area (Å²) in [6.45, 7) is 6.61. The molecule has 1 saturated heterocycles. The van der Waals surface area contributed by atoms with E-state index in [-0.39, 0.29) is 0 Å². The molecule has 0 bridgehead atoms. The number of fused-ring (bicyclic) bond motifs is 1. The number of aromatic nitrogens is 1. The second kappa shape index (κ2) is 7.96. The van der Waals surface area contributed by atoms with Crippen molar-refractivity contribution in [3.63, 3.8) is 0 Å². The highest BCUT2D eigenvalue weighted by atomic mass is 32.1. The molecule has 4 rings (SSSR count). The van der Waals surface area contributed by atoms with Crippen LogP contribution in [-0.4, -0.2) is 41.8 Å². The normalized spacial score (nSPS) is 26.7. The van der Waals surface area contributed by atoms with Crippen LogP contribution < -0.4 is 0 Å². The van der Waals surface area contributed by atoms with Gasteiger partial charge in [0.1, 0.15) is 0 Å². The summed E-state index contributed by atoms with van der Waals surface area (Å²) in [6.07, 6.45) is 6.36. The Morgan fingerprint density at radius 3 is 3.08 bits per heavy atom. The van der Waals surface area contributed by atoms with Crippen LogP contribution in [0, 0.1) is 12.8 Å². The number of hydrogen-bond donors (Lipinski definition) is 0. The minimum absolute atomic E-state index is 0.377. The Bertz CT molecular complexity index is 675. The van der Waals surface area contributed by atoms with Crippen LogP contribution in [0.15, 0.2) is 36.7 Å². The number of morpholine rings is 1. The molecule has 4 nitrogen and oxygen atoms in total. The highest BCUT2D eigenvalue weighted by Gasteiger charge is 2.41. The highest BCUT2D eigenvalue weighted by Crippen LogP contribution is 2.35. The summed E-state index contributed by atoms with van der Waals surface area (Å²) in [5.41, 5.74) is 1.14. The van der Waals surface area contributed by atoms with Gasteiger partial charge in [-0.2, -0.15) is 0 Å². The summed E-state index contributed by atoms with van der Waals surface area (Å²) in [7, 11) is 0. The molecular formula is C20H26N2O2S. The van der Waals surface area contributed by atoms with Crippen molar-refractivity contribution in [3.05, 3.63) is 52.0 Å². The van der Waals surface area contributed by atoms with Gasteiger partial charge < -0.3 is 9.47 Å². The predicted octanol–water partition coefficient (Wildman–Crippen LogP) is 3.65. The Kier molecular flexibility index (Phi) is 5.46. The maximum atomic E-state index is 6.07. The smallest absolute Gasteiger partial charge is 0.0734 e. The van der Waals surface area contributed by atoms with Crippen molar-refractivity contribution in [2.24, 2.45) is 5.92 Å². The van der Waals surface area contributed by atoms with Crippen LogP contribution >= 0.6 is 11.3 Å². The van der Waals surface area contributed by atoms with E-state index in [0.29, 0.717) is 24.7 Å². The lowest BCUT2D eigenvalue weighted by Crippen LogP contribution is -2.47. The number of thiophene rings is 1. The van der Waals surface area contributed by atoms with Crippen molar-refractivity contribution < 1.29 is 9.47 Å². The maximum absolute atomic E-state index is 6.07. The third kappa shape index (κ3) is 4.29. The third-order valence-electron chi connectivity index (χ3n) is 5.25. The Morgan fingerprint density at radius 2 is 2.28 bits per heavy atom. The summed E-state index contributed by atoms with van der Waals surface area (Å²) in [6, 6.07) is 9.06.